The number of nitrogens with one attached hydrogen (secondary N) is 3. The molecule has 11 nitrogen and oxygen atoms in total. The summed E-state index contributed by atoms with van der Waals surface area (Å²) in [6.07, 6.45) is 9.06. The number of rotatable bonds is 9. The predicted molar refractivity (Wildman–Crippen MR) is 206 cm³/mol. The quantitative estimate of drug-likeness (QED) is 0.281. The van der Waals surface area contributed by atoms with E-state index in [1.54, 1.807) is 38.6 Å². The number of nitrogens with zero attached hydrogens (tertiary/aromatic N) is 1. The standard InChI is InChI=1S/C40H50N4O7S2/c1-5-29-24-40(29,36(47)43-53(49,50)31-21-22-31)42-34(45)33-25-39(30-19-17-28(18-20-30)27-14-10-9-11-15-27)26-44(33)35(46)32(41-37(48)51-38(2,3)4)16-12-7-6-8-13-23-52-39/h5,8-11,13-15,17-20,29,31-33H,1,6-7,12,16,21-26H2,2-4H3,(H,41,48)(H,42,45)(H,43,47)/b13-8+/t29-,32+,33+,39+,40-/m1/s1. The van der Waals surface area contributed by atoms with E-state index in [-0.39, 0.29) is 19.4 Å². The Morgan fingerprint density at radius 1 is 0.962 bits per heavy atom. The second-order valence-electron chi connectivity index (χ2n) is 15.6. The van der Waals surface area contributed by atoms with Crippen molar-refractivity contribution in [3.63, 3.8) is 0 Å². The van der Waals surface area contributed by atoms with Gasteiger partial charge in [0.25, 0.3) is 5.91 Å². The van der Waals surface area contributed by atoms with E-state index in [0.29, 0.717) is 31.4 Å². The van der Waals surface area contributed by atoms with Crippen LogP contribution in [0.4, 0.5) is 4.79 Å². The molecule has 3 N–H and O–H groups in total. The van der Waals surface area contributed by atoms with Gasteiger partial charge in [0, 0.05) is 18.2 Å². The summed E-state index contributed by atoms with van der Waals surface area (Å²) in [5, 5.41) is 5.08. The first kappa shape index (κ1) is 38.6. The van der Waals surface area contributed by atoms with Gasteiger partial charge in [-0.25, -0.2) is 13.2 Å². The number of fused-ring (bicyclic) bond motifs is 2. The van der Waals surface area contributed by atoms with Gasteiger partial charge in [-0.05, 0) is 82.4 Å². The lowest BCUT2D eigenvalue weighted by Gasteiger charge is -2.31. The fourth-order valence-electron chi connectivity index (χ4n) is 7.26. The average Bonchev–Trinajstić information content (AvgIpc) is 4.05. The molecule has 2 aliphatic carbocycles. The van der Waals surface area contributed by atoms with Crippen molar-refractivity contribution in [1.29, 1.82) is 0 Å². The molecule has 284 valence electrons. The number of sulfonamides is 1. The number of hydrogen-bond donors (Lipinski definition) is 3. The molecule has 0 spiro atoms. The van der Waals surface area contributed by atoms with Gasteiger partial charge < -0.3 is 20.3 Å². The fraction of sp³-hybridized carbons (Fsp3) is 0.500. The molecule has 2 bridgehead atoms. The molecule has 4 amide bonds. The molecule has 0 aromatic heterocycles. The smallest absolute Gasteiger partial charge is 0.408 e. The van der Waals surface area contributed by atoms with Crippen molar-refractivity contribution in [2.24, 2.45) is 5.92 Å². The van der Waals surface area contributed by atoms with Crippen LogP contribution in [-0.4, -0.2) is 77.9 Å². The lowest BCUT2D eigenvalue weighted by Crippen LogP contribution is -2.58. The number of allylic oxidation sites excluding steroid dienone is 1. The van der Waals surface area contributed by atoms with E-state index in [2.05, 4.69) is 34.1 Å². The first-order valence-corrected chi connectivity index (χ1v) is 21.0. The maximum absolute atomic E-state index is 14.7. The molecule has 2 aromatic carbocycles. The molecule has 4 aliphatic rings. The van der Waals surface area contributed by atoms with E-state index in [9.17, 15) is 27.6 Å². The first-order chi connectivity index (χ1) is 25.2. The summed E-state index contributed by atoms with van der Waals surface area (Å²) < 4.78 is 32.6. The molecule has 0 radical (unpaired) electrons. The molecule has 13 heteroatoms. The van der Waals surface area contributed by atoms with Crippen LogP contribution in [0.5, 0.6) is 0 Å². The maximum atomic E-state index is 14.7. The van der Waals surface area contributed by atoms with Gasteiger partial charge >= 0.3 is 6.09 Å². The molecule has 2 aliphatic heterocycles. The van der Waals surface area contributed by atoms with Gasteiger partial charge in [-0.15, -0.1) is 18.3 Å². The molecular weight excluding hydrogens is 713 g/mol. The van der Waals surface area contributed by atoms with E-state index in [4.69, 9.17) is 4.74 Å². The average molecular weight is 763 g/mol. The SMILES string of the molecule is C=C[C@@H]1C[C@]1(NC(=O)[C@@H]1C[C@@]2(c3ccc(-c4ccccc4)cc3)CN1C(=O)[C@@H](NC(=O)OC(C)(C)C)CCCC/C=C/CS2)C(=O)NS(=O)(=O)C1CC1. The second-order valence-corrected chi connectivity index (χ2v) is 18.9. The van der Waals surface area contributed by atoms with Crippen LogP contribution in [0.15, 0.2) is 79.4 Å². The van der Waals surface area contributed by atoms with Crippen molar-refractivity contribution in [1.82, 2.24) is 20.3 Å². The zero-order valence-corrected chi connectivity index (χ0v) is 32.3. The van der Waals surface area contributed by atoms with Gasteiger partial charge in [-0.2, -0.15) is 0 Å². The second kappa shape index (κ2) is 15.3. The maximum Gasteiger partial charge on any atom is 0.408 e. The van der Waals surface area contributed by atoms with E-state index in [1.807, 2.05) is 54.6 Å². The van der Waals surface area contributed by atoms with Gasteiger partial charge in [-0.3, -0.25) is 19.1 Å². The number of ether oxygens (including phenoxy) is 1. The fourth-order valence-corrected chi connectivity index (χ4v) is 9.99. The minimum absolute atomic E-state index is 0.166. The van der Waals surface area contributed by atoms with Gasteiger partial charge in [0.2, 0.25) is 21.8 Å². The van der Waals surface area contributed by atoms with Crippen LogP contribution < -0.4 is 15.4 Å². The topological polar surface area (TPSA) is 151 Å². The third-order valence-electron chi connectivity index (χ3n) is 10.4. The lowest BCUT2D eigenvalue weighted by molar-refractivity contribution is -0.141. The zero-order valence-electron chi connectivity index (χ0n) is 30.6. The number of thioether (sulfide) groups is 1. The third-order valence-corrected chi connectivity index (χ3v) is 13.7. The van der Waals surface area contributed by atoms with Gasteiger partial charge in [0.1, 0.15) is 23.2 Å². The monoisotopic (exact) mass is 762 g/mol. The molecule has 2 saturated carbocycles. The van der Waals surface area contributed by atoms with E-state index in [1.165, 1.54) is 4.90 Å². The largest absolute Gasteiger partial charge is 0.444 e. The predicted octanol–water partition coefficient (Wildman–Crippen LogP) is 5.58. The molecule has 2 heterocycles. The minimum atomic E-state index is -3.88. The molecule has 1 saturated heterocycles. The molecule has 5 atom stereocenters. The van der Waals surface area contributed by atoms with Crippen molar-refractivity contribution in [3.05, 3.63) is 85.0 Å². The number of benzene rings is 2. The Hall–Kier alpha value is -4.10. The highest BCUT2D eigenvalue weighted by molar-refractivity contribution is 8.00. The molecule has 2 aromatic rings. The molecule has 6 rings (SSSR count). The van der Waals surface area contributed by atoms with Crippen LogP contribution in [0.25, 0.3) is 11.1 Å². The highest BCUT2D eigenvalue weighted by Crippen LogP contribution is 2.50. The lowest BCUT2D eigenvalue weighted by atomic mass is 9.93. The first-order valence-electron chi connectivity index (χ1n) is 18.4. The Kier molecular flexibility index (Phi) is 11.2. The Labute approximate surface area is 316 Å². The van der Waals surface area contributed by atoms with Gasteiger partial charge in [0.05, 0.1) is 10.00 Å². The Balaban J connectivity index is 1.36. The summed E-state index contributed by atoms with van der Waals surface area (Å²) >= 11 is 1.65. The zero-order chi connectivity index (χ0) is 38.0. The van der Waals surface area contributed by atoms with Crippen LogP contribution in [0.3, 0.4) is 0 Å². The highest BCUT2D eigenvalue weighted by atomic mass is 32.2. The number of carbonyl (C=O) groups is 4. The summed E-state index contributed by atoms with van der Waals surface area (Å²) in [7, 11) is -3.88. The van der Waals surface area contributed by atoms with Crippen LogP contribution in [0.1, 0.15) is 77.7 Å². The number of alkyl carbamates (subject to hydrolysis) is 1. The number of hydrogen-bond acceptors (Lipinski definition) is 8. The number of amides is 4. The normalized spacial score (nSPS) is 28.3. The Morgan fingerprint density at radius 2 is 1.66 bits per heavy atom. The van der Waals surface area contributed by atoms with E-state index < -0.39 is 73.0 Å². The summed E-state index contributed by atoms with van der Waals surface area (Å²) in [6.45, 7) is 9.23. The van der Waals surface area contributed by atoms with Crippen molar-refractivity contribution in [3.8, 4) is 11.1 Å². The van der Waals surface area contributed by atoms with E-state index >= 15 is 0 Å². The summed E-state index contributed by atoms with van der Waals surface area (Å²) in [6, 6.07) is 16.2. The van der Waals surface area contributed by atoms with Crippen molar-refractivity contribution < 1.29 is 32.3 Å². The summed E-state index contributed by atoms with van der Waals surface area (Å²) in [4.78, 5) is 57.5. The molecule has 0 unspecified atom stereocenters. The third kappa shape index (κ3) is 8.83. The minimum Gasteiger partial charge on any atom is -0.444 e. The molecule has 53 heavy (non-hydrogen) atoms. The van der Waals surface area contributed by atoms with Crippen LogP contribution in [0.2, 0.25) is 0 Å². The summed E-state index contributed by atoms with van der Waals surface area (Å²) in [5.41, 5.74) is 0.729. The van der Waals surface area contributed by atoms with Gasteiger partial charge in [-0.1, -0.05) is 79.2 Å². The van der Waals surface area contributed by atoms with Crippen molar-refractivity contribution >= 4 is 45.6 Å². The van der Waals surface area contributed by atoms with Crippen LogP contribution in [0, 0.1) is 5.92 Å². The highest BCUT2D eigenvalue weighted by Gasteiger charge is 2.62. The number of carbonyl (C=O) groups excluding carboxylic acids is 4. The summed E-state index contributed by atoms with van der Waals surface area (Å²) in [5.74, 6) is -1.63. The Morgan fingerprint density at radius 3 is 2.30 bits per heavy atom. The Bertz CT molecular complexity index is 1860. The van der Waals surface area contributed by atoms with Crippen molar-refractivity contribution in [2.75, 3.05) is 12.3 Å². The van der Waals surface area contributed by atoms with Gasteiger partial charge in [0.15, 0.2) is 0 Å². The van der Waals surface area contributed by atoms with E-state index in [0.717, 1.165) is 29.5 Å². The molecule has 3 fully saturated rings. The molecular formula is C40H50N4O7S2. The van der Waals surface area contributed by atoms with Crippen molar-refractivity contribution in [2.45, 2.75) is 105 Å². The van der Waals surface area contributed by atoms with Crippen LogP contribution in [-0.2, 0) is 33.9 Å². The van der Waals surface area contributed by atoms with Crippen LogP contribution >= 0.6 is 11.8 Å².